The lowest BCUT2D eigenvalue weighted by Gasteiger charge is -2.35. The summed E-state index contributed by atoms with van der Waals surface area (Å²) in [5.41, 5.74) is 1.19. The van der Waals surface area contributed by atoms with Gasteiger partial charge in [-0.25, -0.2) is 0 Å². The number of fused-ring (bicyclic) bond motifs is 1. The highest BCUT2D eigenvalue weighted by Gasteiger charge is 2.51. The van der Waals surface area contributed by atoms with Crippen molar-refractivity contribution in [3.63, 3.8) is 0 Å². The Hall–Kier alpha value is -2.54. The maximum atomic E-state index is 13.5. The molecule has 7 heteroatoms. The number of phenols is 1. The van der Waals surface area contributed by atoms with Gasteiger partial charge in [-0.3, -0.25) is 9.59 Å². The van der Waals surface area contributed by atoms with E-state index >= 15 is 0 Å². The molecule has 168 valence electrons. The third-order valence-electron chi connectivity index (χ3n) is 6.35. The fourth-order valence-electron chi connectivity index (χ4n) is 4.92. The van der Waals surface area contributed by atoms with Gasteiger partial charge in [-0.15, -0.1) is 0 Å². The van der Waals surface area contributed by atoms with Crippen molar-refractivity contribution in [2.75, 3.05) is 26.4 Å². The van der Waals surface area contributed by atoms with Gasteiger partial charge in [0.05, 0.1) is 24.1 Å². The molecule has 0 saturated heterocycles. The molecule has 1 amide bonds. The van der Waals surface area contributed by atoms with Crippen molar-refractivity contribution in [2.24, 2.45) is 5.92 Å². The third kappa shape index (κ3) is 4.03. The van der Waals surface area contributed by atoms with Crippen molar-refractivity contribution in [2.45, 2.75) is 58.1 Å². The number of carbonyl (C=O) groups is 2. The van der Waals surface area contributed by atoms with Gasteiger partial charge >= 0.3 is 0 Å². The molecule has 1 N–H and O–H groups in total. The first-order valence-electron chi connectivity index (χ1n) is 11.4. The zero-order valence-electron chi connectivity index (χ0n) is 18.3. The normalized spacial score (nSPS) is 25.4. The van der Waals surface area contributed by atoms with Gasteiger partial charge in [0.2, 0.25) is 0 Å². The van der Waals surface area contributed by atoms with Gasteiger partial charge < -0.3 is 24.2 Å². The smallest absolute Gasteiger partial charge is 0.290 e. The number of hydrogen-bond acceptors (Lipinski definition) is 6. The van der Waals surface area contributed by atoms with Crippen LogP contribution in [0.4, 0.5) is 0 Å². The standard InChI is InChI=1S/C24H31NO6/c1-3-29-13-7-12-25-21(15-10-11-17(26)19(14-15)30-4-2)20-22(27)16-8-5-6-9-18(16)31-23(20)24(25)28/h10-11,14,16,18,21,26H,3-9,12-13H2,1-2H3. The fourth-order valence-corrected chi connectivity index (χ4v) is 4.92. The second-order valence-electron chi connectivity index (χ2n) is 8.27. The van der Waals surface area contributed by atoms with E-state index in [0.29, 0.717) is 44.1 Å². The first-order chi connectivity index (χ1) is 15.1. The molecule has 3 unspecified atom stereocenters. The van der Waals surface area contributed by atoms with Crippen molar-refractivity contribution in [1.82, 2.24) is 4.90 Å². The Bertz CT molecular complexity index is 879. The molecule has 0 spiro atoms. The molecule has 1 aromatic rings. The highest BCUT2D eigenvalue weighted by atomic mass is 16.5. The predicted octanol–water partition coefficient (Wildman–Crippen LogP) is 3.51. The van der Waals surface area contributed by atoms with Gasteiger partial charge in [-0.1, -0.05) is 12.5 Å². The van der Waals surface area contributed by atoms with Crippen molar-refractivity contribution in [3.05, 3.63) is 35.1 Å². The molecular formula is C24H31NO6. The second kappa shape index (κ2) is 9.30. The molecule has 0 radical (unpaired) electrons. The van der Waals surface area contributed by atoms with Crippen molar-refractivity contribution in [1.29, 1.82) is 0 Å². The predicted molar refractivity (Wildman–Crippen MR) is 114 cm³/mol. The number of Topliss-reactive ketones (excluding diaryl/α,β-unsaturated/α-hetero) is 1. The van der Waals surface area contributed by atoms with Gasteiger partial charge in [-0.05, 0) is 57.2 Å². The number of carbonyl (C=O) groups excluding carboxylic acids is 2. The van der Waals surface area contributed by atoms with Crippen LogP contribution in [-0.4, -0.2) is 54.2 Å². The number of amides is 1. The Morgan fingerprint density at radius 3 is 2.74 bits per heavy atom. The topological polar surface area (TPSA) is 85.3 Å². The summed E-state index contributed by atoms with van der Waals surface area (Å²) in [5.74, 6) is 0.193. The van der Waals surface area contributed by atoms with Crippen molar-refractivity contribution < 1.29 is 28.9 Å². The molecular weight excluding hydrogens is 398 g/mol. The zero-order chi connectivity index (χ0) is 22.0. The van der Waals surface area contributed by atoms with Crippen LogP contribution in [0.5, 0.6) is 11.5 Å². The highest BCUT2D eigenvalue weighted by molar-refractivity contribution is 6.11. The minimum Gasteiger partial charge on any atom is -0.504 e. The average molecular weight is 430 g/mol. The summed E-state index contributed by atoms with van der Waals surface area (Å²) >= 11 is 0. The van der Waals surface area contributed by atoms with Gasteiger partial charge in [-0.2, -0.15) is 0 Å². The maximum absolute atomic E-state index is 13.5. The van der Waals surface area contributed by atoms with Crippen LogP contribution in [0.15, 0.2) is 29.5 Å². The van der Waals surface area contributed by atoms with Gasteiger partial charge in [0, 0.05) is 19.8 Å². The number of phenolic OH excluding ortho intramolecular Hbond substituents is 1. The largest absolute Gasteiger partial charge is 0.504 e. The first-order valence-corrected chi connectivity index (χ1v) is 11.4. The number of ketones is 1. The summed E-state index contributed by atoms with van der Waals surface area (Å²) in [6.07, 6.45) is 4.08. The van der Waals surface area contributed by atoms with E-state index in [9.17, 15) is 14.7 Å². The number of benzene rings is 1. The fraction of sp³-hybridized carbons (Fsp3) is 0.583. The summed E-state index contributed by atoms with van der Waals surface area (Å²) in [5, 5.41) is 10.1. The summed E-state index contributed by atoms with van der Waals surface area (Å²) in [4.78, 5) is 28.6. The molecule has 3 aliphatic rings. The van der Waals surface area contributed by atoms with E-state index in [1.54, 1.807) is 23.1 Å². The van der Waals surface area contributed by atoms with Crippen LogP contribution in [0.1, 0.15) is 57.6 Å². The van der Waals surface area contributed by atoms with Gasteiger partial charge in [0.1, 0.15) is 6.10 Å². The number of aromatic hydroxyl groups is 1. The molecule has 0 aromatic heterocycles. The number of ether oxygens (including phenoxy) is 3. The van der Waals surface area contributed by atoms with Crippen LogP contribution in [0, 0.1) is 5.92 Å². The van der Waals surface area contributed by atoms with E-state index < -0.39 is 6.04 Å². The molecule has 31 heavy (non-hydrogen) atoms. The Morgan fingerprint density at radius 2 is 1.97 bits per heavy atom. The van der Waals surface area contributed by atoms with E-state index in [4.69, 9.17) is 14.2 Å². The van der Waals surface area contributed by atoms with E-state index in [1.165, 1.54) is 0 Å². The zero-order valence-corrected chi connectivity index (χ0v) is 18.3. The minimum atomic E-state index is -0.542. The van der Waals surface area contributed by atoms with Crippen LogP contribution >= 0.6 is 0 Å². The lowest BCUT2D eigenvalue weighted by Crippen LogP contribution is -2.39. The SMILES string of the molecule is CCOCCCN1C(=O)C2=C(C(=O)C3CCCCC3O2)C1c1ccc(O)c(OCC)c1. The molecule has 1 aliphatic carbocycles. The van der Waals surface area contributed by atoms with E-state index in [0.717, 1.165) is 31.2 Å². The Morgan fingerprint density at radius 1 is 1.16 bits per heavy atom. The van der Waals surface area contributed by atoms with Crippen LogP contribution in [0.3, 0.4) is 0 Å². The van der Waals surface area contributed by atoms with Crippen LogP contribution in [0.2, 0.25) is 0 Å². The molecule has 2 heterocycles. The third-order valence-corrected chi connectivity index (χ3v) is 6.35. The van der Waals surface area contributed by atoms with Gasteiger partial charge in [0.15, 0.2) is 23.0 Å². The monoisotopic (exact) mass is 429 g/mol. The first kappa shape index (κ1) is 21.7. The maximum Gasteiger partial charge on any atom is 0.290 e. The second-order valence-corrected chi connectivity index (χ2v) is 8.27. The Balaban J connectivity index is 1.72. The molecule has 1 saturated carbocycles. The van der Waals surface area contributed by atoms with E-state index in [1.807, 2.05) is 13.8 Å². The molecule has 0 bridgehead atoms. The summed E-state index contributed by atoms with van der Waals surface area (Å²) in [6.45, 7) is 5.79. The highest BCUT2D eigenvalue weighted by Crippen LogP contribution is 2.47. The Kier molecular flexibility index (Phi) is 6.51. The molecule has 7 nitrogen and oxygen atoms in total. The summed E-state index contributed by atoms with van der Waals surface area (Å²) in [6, 6.07) is 4.49. The minimum absolute atomic E-state index is 0.0302. The van der Waals surface area contributed by atoms with Crippen molar-refractivity contribution >= 4 is 11.7 Å². The lowest BCUT2D eigenvalue weighted by molar-refractivity contribution is -0.135. The molecule has 3 atom stereocenters. The summed E-state index contributed by atoms with van der Waals surface area (Å²) in [7, 11) is 0. The van der Waals surface area contributed by atoms with Crippen molar-refractivity contribution in [3.8, 4) is 11.5 Å². The van der Waals surface area contributed by atoms with E-state index in [2.05, 4.69) is 0 Å². The lowest BCUT2D eigenvalue weighted by atomic mass is 9.77. The van der Waals surface area contributed by atoms with Gasteiger partial charge in [0.25, 0.3) is 5.91 Å². The number of nitrogens with zero attached hydrogens (tertiary/aromatic N) is 1. The molecule has 1 aromatic carbocycles. The number of rotatable bonds is 8. The molecule has 1 fully saturated rings. The Labute approximate surface area is 183 Å². The molecule has 2 aliphatic heterocycles. The number of hydrogen-bond donors (Lipinski definition) is 1. The quantitative estimate of drug-likeness (QED) is 0.637. The van der Waals surface area contributed by atoms with E-state index in [-0.39, 0.29) is 35.2 Å². The summed E-state index contributed by atoms with van der Waals surface area (Å²) < 4.78 is 17.2. The average Bonchev–Trinajstić information content (AvgIpc) is 3.05. The van der Waals surface area contributed by atoms with Crippen LogP contribution in [-0.2, 0) is 19.1 Å². The molecule has 4 rings (SSSR count). The van der Waals surface area contributed by atoms with Crippen LogP contribution in [0.25, 0.3) is 0 Å². The van der Waals surface area contributed by atoms with Crippen LogP contribution < -0.4 is 4.74 Å².